The van der Waals surface area contributed by atoms with Crippen LogP contribution in [-0.4, -0.2) is 64.3 Å². The van der Waals surface area contributed by atoms with Crippen molar-refractivity contribution in [2.24, 2.45) is 0 Å². The highest BCUT2D eigenvalue weighted by molar-refractivity contribution is 5.95. The highest BCUT2D eigenvalue weighted by Crippen LogP contribution is 2.25. The molecule has 0 bridgehead atoms. The Kier molecular flexibility index (Phi) is 7.09. The van der Waals surface area contributed by atoms with Gasteiger partial charge in [0.25, 0.3) is 5.91 Å². The summed E-state index contributed by atoms with van der Waals surface area (Å²) >= 11 is 0. The summed E-state index contributed by atoms with van der Waals surface area (Å²) in [5.41, 5.74) is 1.89. The number of nitrogens with zero attached hydrogens (tertiary/aromatic N) is 4. The van der Waals surface area contributed by atoms with Crippen molar-refractivity contribution in [2.45, 2.75) is 44.9 Å². The first kappa shape index (κ1) is 22.3. The molecule has 7 nitrogen and oxygen atoms in total. The van der Waals surface area contributed by atoms with Gasteiger partial charge in [-0.3, -0.25) is 14.5 Å². The third-order valence-electron chi connectivity index (χ3n) is 6.24. The molecule has 1 aromatic carbocycles. The highest BCUT2D eigenvalue weighted by Gasteiger charge is 2.27. The normalized spacial score (nSPS) is 19.6. The number of carbonyl (C=O) groups excluding carboxylic acids is 2. The number of halogens is 1. The van der Waals surface area contributed by atoms with Crippen LogP contribution < -0.4 is 5.32 Å². The maximum absolute atomic E-state index is 13.0. The van der Waals surface area contributed by atoms with Crippen LogP contribution in [0.3, 0.4) is 0 Å². The second kappa shape index (κ2) is 10.2. The Bertz CT molecular complexity index is 959. The number of nitrogens with one attached hydrogen (secondary N) is 1. The molecule has 2 aromatic rings. The van der Waals surface area contributed by atoms with Gasteiger partial charge in [0.15, 0.2) is 0 Å². The van der Waals surface area contributed by atoms with Crippen molar-refractivity contribution >= 4 is 17.5 Å². The summed E-state index contributed by atoms with van der Waals surface area (Å²) in [7, 11) is 0. The van der Waals surface area contributed by atoms with Gasteiger partial charge in [-0.05, 0) is 69.8 Å². The van der Waals surface area contributed by atoms with Crippen molar-refractivity contribution < 1.29 is 14.0 Å². The number of aromatic nitrogens is 2. The van der Waals surface area contributed by atoms with E-state index in [2.05, 4.69) is 20.2 Å². The zero-order valence-electron chi connectivity index (χ0n) is 18.5. The van der Waals surface area contributed by atoms with E-state index in [9.17, 15) is 14.0 Å². The van der Waals surface area contributed by atoms with Crippen LogP contribution in [0.2, 0.25) is 0 Å². The van der Waals surface area contributed by atoms with Crippen molar-refractivity contribution in [1.82, 2.24) is 19.8 Å². The molecule has 1 atom stereocenters. The molecule has 2 saturated heterocycles. The molecule has 2 aliphatic heterocycles. The Labute approximate surface area is 188 Å². The van der Waals surface area contributed by atoms with Crippen LogP contribution in [-0.2, 0) is 4.79 Å². The summed E-state index contributed by atoms with van der Waals surface area (Å²) in [5.74, 6) is 0.427. The molecule has 2 fully saturated rings. The van der Waals surface area contributed by atoms with E-state index in [1.165, 1.54) is 18.6 Å². The number of rotatable bonds is 5. The summed E-state index contributed by atoms with van der Waals surface area (Å²) in [6.07, 6.45) is 6.86. The molecular weight excluding hydrogens is 409 g/mol. The predicted octanol–water partition coefficient (Wildman–Crippen LogP) is 3.37. The smallest absolute Gasteiger partial charge is 0.257 e. The molecule has 2 aliphatic rings. The second-order valence-corrected chi connectivity index (χ2v) is 8.71. The predicted molar refractivity (Wildman–Crippen MR) is 120 cm³/mol. The summed E-state index contributed by atoms with van der Waals surface area (Å²) < 4.78 is 13.0. The quantitative estimate of drug-likeness (QED) is 0.773. The minimum Gasteiger partial charge on any atom is -0.339 e. The third kappa shape index (κ3) is 5.48. The molecule has 8 heteroatoms. The SMILES string of the molecule is Cc1nc([C@H]2CCCN(CC(=O)Nc3ccc(F)cc3)C2)ncc1C(=O)N1CCCCC1. The van der Waals surface area contributed by atoms with Crippen molar-refractivity contribution in [2.75, 3.05) is 38.0 Å². The van der Waals surface area contributed by atoms with E-state index in [4.69, 9.17) is 0 Å². The molecule has 32 heavy (non-hydrogen) atoms. The summed E-state index contributed by atoms with van der Waals surface area (Å²) in [4.78, 5) is 38.5. The molecule has 0 aliphatic carbocycles. The van der Waals surface area contributed by atoms with E-state index < -0.39 is 0 Å². The van der Waals surface area contributed by atoms with Crippen molar-refractivity contribution in [3.8, 4) is 0 Å². The maximum Gasteiger partial charge on any atom is 0.257 e. The molecule has 4 rings (SSSR count). The average Bonchev–Trinajstić information content (AvgIpc) is 2.81. The highest BCUT2D eigenvalue weighted by atomic mass is 19.1. The molecule has 1 N–H and O–H groups in total. The standard InChI is InChI=1S/C24H30FN5O2/c1-17-21(24(32)30-12-3-2-4-13-30)14-26-23(27-17)18-6-5-11-29(15-18)16-22(31)28-20-9-7-19(25)8-10-20/h7-10,14,18H,2-6,11-13,15-16H2,1H3,(H,28,31)/t18-/m0/s1. The van der Waals surface area contributed by atoms with Crippen LogP contribution in [0.5, 0.6) is 0 Å². The largest absolute Gasteiger partial charge is 0.339 e. The number of amides is 2. The van der Waals surface area contributed by atoms with E-state index in [1.54, 1.807) is 18.3 Å². The lowest BCUT2D eigenvalue weighted by Crippen LogP contribution is -2.40. The van der Waals surface area contributed by atoms with E-state index in [1.807, 2.05) is 11.8 Å². The Morgan fingerprint density at radius 3 is 2.56 bits per heavy atom. The topological polar surface area (TPSA) is 78.4 Å². The number of benzene rings is 1. The number of aryl methyl sites for hydroxylation is 1. The molecule has 0 radical (unpaired) electrons. The van der Waals surface area contributed by atoms with Gasteiger partial charge in [-0.1, -0.05) is 0 Å². The van der Waals surface area contributed by atoms with Gasteiger partial charge in [0.2, 0.25) is 5.91 Å². The molecule has 3 heterocycles. The van der Waals surface area contributed by atoms with Gasteiger partial charge in [0.05, 0.1) is 17.8 Å². The fourth-order valence-corrected chi connectivity index (χ4v) is 4.51. The Morgan fingerprint density at radius 1 is 1.09 bits per heavy atom. The fourth-order valence-electron chi connectivity index (χ4n) is 4.51. The van der Waals surface area contributed by atoms with Crippen molar-refractivity contribution in [1.29, 1.82) is 0 Å². The lowest BCUT2D eigenvalue weighted by Gasteiger charge is -2.31. The van der Waals surface area contributed by atoms with Crippen LogP contribution in [0.15, 0.2) is 30.5 Å². The summed E-state index contributed by atoms with van der Waals surface area (Å²) in [6, 6.07) is 5.75. The number of hydrogen-bond donors (Lipinski definition) is 1. The van der Waals surface area contributed by atoms with E-state index in [0.29, 0.717) is 17.8 Å². The molecule has 0 unspecified atom stereocenters. The van der Waals surface area contributed by atoms with Gasteiger partial charge in [0, 0.05) is 37.4 Å². The maximum atomic E-state index is 13.0. The number of hydrogen-bond acceptors (Lipinski definition) is 5. The number of carbonyl (C=O) groups is 2. The van der Waals surface area contributed by atoms with E-state index in [-0.39, 0.29) is 30.1 Å². The first-order valence-corrected chi connectivity index (χ1v) is 11.4. The van der Waals surface area contributed by atoms with Crippen molar-refractivity contribution in [3.63, 3.8) is 0 Å². The number of anilines is 1. The number of piperidine rings is 2. The monoisotopic (exact) mass is 439 g/mol. The van der Waals surface area contributed by atoms with E-state index in [0.717, 1.165) is 56.8 Å². The van der Waals surface area contributed by atoms with Crippen LogP contribution >= 0.6 is 0 Å². The molecule has 0 saturated carbocycles. The first-order chi connectivity index (χ1) is 15.5. The zero-order chi connectivity index (χ0) is 22.5. The van der Waals surface area contributed by atoms with Gasteiger partial charge >= 0.3 is 0 Å². The molecule has 170 valence electrons. The molecule has 1 aromatic heterocycles. The number of likely N-dealkylation sites (tertiary alicyclic amines) is 2. The Morgan fingerprint density at radius 2 is 1.84 bits per heavy atom. The average molecular weight is 440 g/mol. The Hall–Kier alpha value is -2.87. The minimum atomic E-state index is -0.333. The van der Waals surface area contributed by atoms with Crippen LogP contribution in [0.25, 0.3) is 0 Å². The van der Waals surface area contributed by atoms with Crippen molar-refractivity contribution in [3.05, 3.63) is 53.4 Å². The van der Waals surface area contributed by atoms with Gasteiger partial charge in [-0.2, -0.15) is 0 Å². The van der Waals surface area contributed by atoms with Crippen LogP contribution in [0.4, 0.5) is 10.1 Å². The minimum absolute atomic E-state index is 0.0245. The van der Waals surface area contributed by atoms with Gasteiger partial charge in [-0.25, -0.2) is 14.4 Å². The van der Waals surface area contributed by atoms with Gasteiger partial charge < -0.3 is 10.2 Å². The fraction of sp³-hybridized carbons (Fsp3) is 0.500. The van der Waals surface area contributed by atoms with Crippen LogP contribution in [0.1, 0.15) is 59.9 Å². The lowest BCUT2D eigenvalue weighted by molar-refractivity contribution is -0.117. The third-order valence-corrected chi connectivity index (χ3v) is 6.24. The molecular formula is C24H30FN5O2. The molecule has 0 spiro atoms. The van der Waals surface area contributed by atoms with Gasteiger partial charge in [0.1, 0.15) is 11.6 Å². The second-order valence-electron chi connectivity index (χ2n) is 8.71. The summed E-state index contributed by atoms with van der Waals surface area (Å²) in [6.45, 7) is 5.26. The lowest BCUT2D eigenvalue weighted by atomic mass is 9.96. The molecule has 2 amide bonds. The zero-order valence-corrected chi connectivity index (χ0v) is 18.5. The first-order valence-electron chi connectivity index (χ1n) is 11.4. The van der Waals surface area contributed by atoms with Gasteiger partial charge in [-0.15, -0.1) is 0 Å². The summed E-state index contributed by atoms with van der Waals surface area (Å²) in [5, 5.41) is 2.81. The van der Waals surface area contributed by atoms with Crippen LogP contribution in [0, 0.1) is 12.7 Å². The Balaban J connectivity index is 1.36. The van der Waals surface area contributed by atoms with E-state index >= 15 is 0 Å².